The van der Waals surface area contributed by atoms with Crippen molar-refractivity contribution in [1.82, 2.24) is 14.7 Å². The lowest BCUT2D eigenvalue weighted by molar-refractivity contribution is -0.134. The number of benzene rings is 1. The van der Waals surface area contributed by atoms with Crippen molar-refractivity contribution in [2.45, 2.75) is 20.4 Å². The zero-order valence-electron chi connectivity index (χ0n) is 15.7. The molecule has 8 nitrogen and oxygen atoms in total. The molecule has 0 spiro atoms. The van der Waals surface area contributed by atoms with E-state index >= 15 is 0 Å². The molecule has 1 aromatic heterocycles. The van der Waals surface area contributed by atoms with Gasteiger partial charge in [-0.15, -0.1) is 0 Å². The maximum atomic E-state index is 12.3. The molecule has 2 aromatic rings. The lowest BCUT2D eigenvalue weighted by Crippen LogP contribution is -2.42. The molecule has 0 radical (unpaired) electrons. The molecule has 0 atom stereocenters. The number of rotatable bonds is 8. The van der Waals surface area contributed by atoms with Crippen LogP contribution in [0.1, 0.15) is 22.4 Å². The zero-order chi connectivity index (χ0) is 20.8. The quantitative estimate of drug-likeness (QED) is 0.638. The molecule has 1 heterocycles. The minimum atomic E-state index is -0.747. The first-order chi connectivity index (χ1) is 13.2. The molecule has 0 saturated carbocycles. The third-order valence-corrected chi connectivity index (χ3v) is 4.36. The van der Waals surface area contributed by atoms with E-state index in [0.29, 0.717) is 23.0 Å². The van der Waals surface area contributed by atoms with Crippen LogP contribution in [0.15, 0.2) is 30.3 Å². The minimum absolute atomic E-state index is 0.374. The van der Waals surface area contributed by atoms with Crippen molar-refractivity contribution in [3.8, 4) is 0 Å². The van der Waals surface area contributed by atoms with Gasteiger partial charge < -0.3 is 16.4 Å². The molecule has 4 N–H and O–H groups in total. The molecule has 0 aliphatic heterocycles. The molecule has 0 unspecified atom stereocenters. The Hall–Kier alpha value is -3.13. The van der Waals surface area contributed by atoms with Crippen LogP contribution < -0.4 is 11.5 Å². The molecule has 28 heavy (non-hydrogen) atoms. The van der Waals surface area contributed by atoms with Crippen LogP contribution in [0.25, 0.3) is 6.08 Å². The summed E-state index contributed by atoms with van der Waals surface area (Å²) in [7, 11) is 0. The van der Waals surface area contributed by atoms with E-state index in [1.807, 2.05) is 31.2 Å². The molecule has 0 aliphatic rings. The number of aromatic nitrogens is 2. The number of hydrogen-bond donors (Lipinski definition) is 2. The predicted molar refractivity (Wildman–Crippen MR) is 106 cm³/mol. The van der Waals surface area contributed by atoms with Crippen molar-refractivity contribution in [3.05, 3.63) is 57.9 Å². The van der Waals surface area contributed by atoms with Gasteiger partial charge in [-0.05, 0) is 25.5 Å². The van der Waals surface area contributed by atoms with Gasteiger partial charge in [-0.2, -0.15) is 5.10 Å². The van der Waals surface area contributed by atoms with E-state index in [4.69, 9.17) is 23.1 Å². The summed E-state index contributed by atoms with van der Waals surface area (Å²) in [6.07, 6.45) is 2.70. The Labute approximate surface area is 167 Å². The summed E-state index contributed by atoms with van der Waals surface area (Å²) in [6.45, 7) is 3.44. The van der Waals surface area contributed by atoms with Crippen LogP contribution in [0.4, 0.5) is 0 Å². The standard InChI is InChI=1S/C19H22ClN5O3/c1-12-3-5-14(6-4-12)9-25-19(20)15(13(2)23-25)7-8-18(28)24(10-16(21)26)11-17(22)27/h3-8H,9-11H2,1-2H3,(H2,21,26)(H2,22,27)/b8-7+. The van der Waals surface area contributed by atoms with Crippen LogP contribution in [0.3, 0.4) is 0 Å². The molecule has 1 aromatic carbocycles. The average molecular weight is 404 g/mol. The van der Waals surface area contributed by atoms with E-state index in [-0.39, 0.29) is 0 Å². The molecule has 3 amide bonds. The smallest absolute Gasteiger partial charge is 0.247 e. The molecule has 0 aliphatic carbocycles. The fourth-order valence-electron chi connectivity index (χ4n) is 2.58. The molecular weight excluding hydrogens is 382 g/mol. The Morgan fingerprint density at radius 3 is 2.21 bits per heavy atom. The van der Waals surface area contributed by atoms with Crippen LogP contribution in [0, 0.1) is 13.8 Å². The third-order valence-electron chi connectivity index (χ3n) is 3.96. The molecule has 148 valence electrons. The number of aryl methyl sites for hydroxylation is 2. The fourth-order valence-corrected chi connectivity index (χ4v) is 2.87. The Morgan fingerprint density at radius 2 is 1.68 bits per heavy atom. The van der Waals surface area contributed by atoms with Crippen molar-refractivity contribution in [2.75, 3.05) is 13.1 Å². The molecule has 0 fully saturated rings. The van der Waals surface area contributed by atoms with Crippen molar-refractivity contribution in [3.63, 3.8) is 0 Å². The second-order valence-electron chi connectivity index (χ2n) is 6.39. The van der Waals surface area contributed by atoms with Crippen molar-refractivity contribution in [2.24, 2.45) is 11.5 Å². The van der Waals surface area contributed by atoms with Crippen LogP contribution in [-0.4, -0.2) is 45.5 Å². The molecule has 9 heteroatoms. The summed E-state index contributed by atoms with van der Waals surface area (Å²) in [6, 6.07) is 8.00. The Balaban J connectivity index is 2.19. The summed E-state index contributed by atoms with van der Waals surface area (Å²) in [5, 5.41) is 4.78. The van der Waals surface area contributed by atoms with Gasteiger partial charge in [0.25, 0.3) is 0 Å². The summed E-state index contributed by atoms with van der Waals surface area (Å²) in [4.78, 5) is 35.4. The van der Waals surface area contributed by atoms with Gasteiger partial charge >= 0.3 is 0 Å². The van der Waals surface area contributed by atoms with Gasteiger partial charge in [-0.25, -0.2) is 4.68 Å². The first-order valence-corrected chi connectivity index (χ1v) is 8.87. The maximum absolute atomic E-state index is 12.3. The molecule has 2 rings (SSSR count). The van der Waals surface area contributed by atoms with Crippen LogP contribution in [-0.2, 0) is 20.9 Å². The number of nitrogens with two attached hydrogens (primary N) is 2. The Bertz CT molecular complexity index is 902. The van der Waals surface area contributed by atoms with E-state index in [0.717, 1.165) is 16.0 Å². The number of carbonyl (C=O) groups excluding carboxylic acids is 3. The second-order valence-corrected chi connectivity index (χ2v) is 6.75. The fraction of sp³-hybridized carbons (Fsp3) is 0.263. The van der Waals surface area contributed by atoms with E-state index in [2.05, 4.69) is 5.10 Å². The monoisotopic (exact) mass is 403 g/mol. The lowest BCUT2D eigenvalue weighted by atomic mass is 10.1. The zero-order valence-corrected chi connectivity index (χ0v) is 16.4. The van der Waals surface area contributed by atoms with Gasteiger partial charge in [0.2, 0.25) is 17.7 Å². The number of carbonyl (C=O) groups is 3. The minimum Gasteiger partial charge on any atom is -0.368 e. The second kappa shape index (κ2) is 9.18. The largest absolute Gasteiger partial charge is 0.368 e. The van der Waals surface area contributed by atoms with E-state index < -0.39 is 30.8 Å². The van der Waals surface area contributed by atoms with Gasteiger partial charge in [-0.3, -0.25) is 14.4 Å². The Kier molecular flexibility index (Phi) is 6.94. The van der Waals surface area contributed by atoms with Crippen LogP contribution in [0.5, 0.6) is 0 Å². The van der Waals surface area contributed by atoms with Gasteiger partial charge in [-0.1, -0.05) is 41.4 Å². The summed E-state index contributed by atoms with van der Waals surface area (Å²) < 4.78 is 1.64. The number of amides is 3. The van der Waals surface area contributed by atoms with Crippen molar-refractivity contribution >= 4 is 35.4 Å². The highest BCUT2D eigenvalue weighted by Crippen LogP contribution is 2.22. The highest BCUT2D eigenvalue weighted by atomic mass is 35.5. The van der Waals surface area contributed by atoms with Crippen LogP contribution >= 0.6 is 11.6 Å². The van der Waals surface area contributed by atoms with E-state index in [1.165, 1.54) is 12.2 Å². The molecular formula is C19H22ClN5O3. The Morgan fingerprint density at radius 1 is 1.11 bits per heavy atom. The van der Waals surface area contributed by atoms with E-state index in [9.17, 15) is 14.4 Å². The molecule has 0 bridgehead atoms. The SMILES string of the molecule is Cc1ccc(Cn2nc(C)c(/C=C/C(=O)N(CC(N)=O)CC(N)=O)c2Cl)cc1. The number of hydrogen-bond acceptors (Lipinski definition) is 4. The number of primary amides is 2. The average Bonchev–Trinajstić information content (AvgIpc) is 2.87. The maximum Gasteiger partial charge on any atom is 0.247 e. The van der Waals surface area contributed by atoms with Gasteiger partial charge in [0.1, 0.15) is 18.2 Å². The lowest BCUT2D eigenvalue weighted by Gasteiger charge is -2.17. The van der Waals surface area contributed by atoms with E-state index in [1.54, 1.807) is 11.6 Å². The third kappa shape index (κ3) is 5.68. The summed E-state index contributed by atoms with van der Waals surface area (Å²) >= 11 is 6.42. The number of halogens is 1. The normalized spacial score (nSPS) is 11.0. The summed E-state index contributed by atoms with van der Waals surface area (Å²) in [5.74, 6) is -2.08. The predicted octanol–water partition coefficient (Wildman–Crippen LogP) is 1.01. The first-order valence-electron chi connectivity index (χ1n) is 8.49. The summed E-state index contributed by atoms with van der Waals surface area (Å²) in [5.41, 5.74) is 13.6. The topological polar surface area (TPSA) is 124 Å². The van der Waals surface area contributed by atoms with Gasteiger partial charge in [0.05, 0.1) is 12.2 Å². The number of nitrogens with zero attached hydrogens (tertiary/aromatic N) is 3. The highest BCUT2D eigenvalue weighted by Gasteiger charge is 2.17. The highest BCUT2D eigenvalue weighted by molar-refractivity contribution is 6.31. The molecule has 0 saturated heterocycles. The van der Waals surface area contributed by atoms with Gasteiger partial charge in [0, 0.05) is 11.6 Å². The first kappa shape index (κ1) is 21.2. The van der Waals surface area contributed by atoms with Crippen LogP contribution in [0.2, 0.25) is 5.15 Å². The van der Waals surface area contributed by atoms with Crippen molar-refractivity contribution < 1.29 is 14.4 Å². The van der Waals surface area contributed by atoms with Crippen molar-refractivity contribution in [1.29, 1.82) is 0 Å². The van der Waals surface area contributed by atoms with Gasteiger partial charge in [0.15, 0.2) is 0 Å².